The molecular weight excluding hydrogens is 749 g/mol. The van der Waals surface area contributed by atoms with Crippen LogP contribution >= 0.6 is 0 Å². The number of allylic oxidation sites excluding steroid dienone is 7. The van der Waals surface area contributed by atoms with Gasteiger partial charge in [-0.25, -0.2) is 0 Å². The molecule has 0 aromatic heterocycles. The topological polar surface area (TPSA) is 105 Å². The molecule has 1 heterocycles. The minimum atomic E-state index is -1.45. The molecule has 0 amide bonds. The Bertz CT molecular complexity index is 1420. The van der Waals surface area contributed by atoms with Gasteiger partial charge in [-0.2, -0.15) is 0 Å². The van der Waals surface area contributed by atoms with E-state index in [2.05, 4.69) is 91.0 Å². The summed E-state index contributed by atoms with van der Waals surface area (Å²) in [6.07, 6.45) is 32.3. The number of fused-ring (bicyclic) bond motifs is 5. The summed E-state index contributed by atoms with van der Waals surface area (Å²) >= 11 is 0. The first-order valence-corrected chi connectivity index (χ1v) is 25.0. The molecule has 3 N–H and O–H groups in total. The zero-order valence-electron chi connectivity index (χ0n) is 39.1. The van der Waals surface area contributed by atoms with Crippen LogP contribution in [0.15, 0.2) is 48.1 Å². The zero-order valence-corrected chi connectivity index (χ0v) is 39.1. The van der Waals surface area contributed by atoms with Gasteiger partial charge in [0, 0.05) is 6.42 Å². The molecule has 0 aromatic carbocycles. The summed E-state index contributed by atoms with van der Waals surface area (Å²) in [4.78, 5) is 12.6. The van der Waals surface area contributed by atoms with Crippen LogP contribution in [0.2, 0.25) is 0 Å². The summed E-state index contributed by atoms with van der Waals surface area (Å²) in [6.45, 7) is 16.9. The summed E-state index contributed by atoms with van der Waals surface area (Å²) in [5, 5.41) is 32.5. The smallest absolute Gasteiger partial charge is 0.305 e. The van der Waals surface area contributed by atoms with Gasteiger partial charge < -0.3 is 29.5 Å². The highest BCUT2D eigenvalue weighted by atomic mass is 16.7. The largest absolute Gasteiger partial charge is 0.463 e. The SMILES string of the molecule is CC/C=C/C/C=C/C/C=C/CCCCCCCC(=O)OC[C@H]1O[C@@H](O[C@H]2CC[C@@]3(C)C(=CC[C@H]4[C@@H]5CC[C@H]([C@H](C)CC[C@@H](CC)C(C)C)[C@@]5(C)CC[C@@H]43)C2)[C@H](O)[C@@H](O)[C@@H]1O. The highest BCUT2D eigenvalue weighted by Crippen LogP contribution is 2.67. The van der Waals surface area contributed by atoms with Crippen LogP contribution in [-0.2, 0) is 19.0 Å². The molecule has 5 aliphatic rings. The second kappa shape index (κ2) is 23.8. The lowest BCUT2D eigenvalue weighted by molar-refractivity contribution is -0.313. The summed E-state index contributed by atoms with van der Waals surface area (Å²) in [5.41, 5.74) is 2.11. The van der Waals surface area contributed by atoms with E-state index in [1.807, 2.05) is 0 Å². The van der Waals surface area contributed by atoms with E-state index in [0.29, 0.717) is 17.8 Å². The molecule has 0 unspecified atom stereocenters. The van der Waals surface area contributed by atoms with E-state index in [4.69, 9.17) is 14.2 Å². The molecule has 14 atom stereocenters. The number of unbranched alkanes of at least 4 members (excludes halogenated alkanes) is 5. The molecule has 1 aliphatic heterocycles. The van der Waals surface area contributed by atoms with Crippen molar-refractivity contribution in [2.24, 2.45) is 52.3 Å². The van der Waals surface area contributed by atoms with Crippen LogP contribution in [0.25, 0.3) is 0 Å². The first-order chi connectivity index (χ1) is 28.8. The van der Waals surface area contributed by atoms with Crippen molar-refractivity contribution in [3.05, 3.63) is 48.1 Å². The zero-order chi connectivity index (χ0) is 43.3. The van der Waals surface area contributed by atoms with Crippen LogP contribution in [0.3, 0.4) is 0 Å². The lowest BCUT2D eigenvalue weighted by Gasteiger charge is -2.58. The number of carbonyl (C=O) groups is 1. The molecule has 3 saturated carbocycles. The van der Waals surface area contributed by atoms with Crippen molar-refractivity contribution in [1.82, 2.24) is 0 Å². The monoisotopic (exact) mass is 837 g/mol. The maximum Gasteiger partial charge on any atom is 0.305 e. The normalized spacial score (nSPS) is 36.7. The molecule has 7 nitrogen and oxygen atoms in total. The Hall–Kier alpha value is -1.77. The summed E-state index contributed by atoms with van der Waals surface area (Å²) in [7, 11) is 0. The third kappa shape index (κ3) is 12.5. The van der Waals surface area contributed by atoms with Crippen LogP contribution in [-0.4, -0.2) is 64.7 Å². The summed E-state index contributed by atoms with van der Waals surface area (Å²) in [6, 6.07) is 0. The number of hydrogen-bond donors (Lipinski definition) is 3. The van der Waals surface area contributed by atoms with Crippen molar-refractivity contribution in [3.63, 3.8) is 0 Å². The summed E-state index contributed by atoms with van der Waals surface area (Å²) in [5.74, 6) is 5.19. The van der Waals surface area contributed by atoms with Crippen molar-refractivity contribution in [2.45, 2.75) is 220 Å². The van der Waals surface area contributed by atoms with E-state index in [9.17, 15) is 20.1 Å². The van der Waals surface area contributed by atoms with Crippen LogP contribution in [0.5, 0.6) is 0 Å². The molecule has 5 rings (SSSR count). The van der Waals surface area contributed by atoms with Crippen LogP contribution in [0.4, 0.5) is 0 Å². The molecule has 342 valence electrons. The van der Waals surface area contributed by atoms with Gasteiger partial charge in [0.1, 0.15) is 31.0 Å². The molecule has 60 heavy (non-hydrogen) atoms. The fourth-order valence-electron chi connectivity index (χ4n) is 12.9. The molecule has 0 aromatic rings. The quantitative estimate of drug-likeness (QED) is 0.0535. The minimum Gasteiger partial charge on any atom is -0.463 e. The van der Waals surface area contributed by atoms with Gasteiger partial charge >= 0.3 is 5.97 Å². The molecule has 1 saturated heterocycles. The number of rotatable bonds is 23. The second-order valence-corrected chi connectivity index (χ2v) is 20.8. The van der Waals surface area contributed by atoms with E-state index in [0.717, 1.165) is 119 Å². The van der Waals surface area contributed by atoms with Crippen molar-refractivity contribution in [1.29, 1.82) is 0 Å². The highest BCUT2D eigenvalue weighted by Gasteiger charge is 2.59. The Morgan fingerprint density at radius 1 is 0.833 bits per heavy atom. The van der Waals surface area contributed by atoms with Crippen molar-refractivity contribution >= 4 is 5.97 Å². The number of aliphatic hydroxyl groups excluding tert-OH is 3. The van der Waals surface area contributed by atoms with Gasteiger partial charge in [0.2, 0.25) is 0 Å². The highest BCUT2D eigenvalue weighted by molar-refractivity contribution is 5.69. The first kappa shape index (κ1) is 49.2. The maximum absolute atomic E-state index is 12.6. The Morgan fingerprint density at radius 3 is 2.28 bits per heavy atom. The number of hydrogen-bond acceptors (Lipinski definition) is 7. The van der Waals surface area contributed by atoms with Gasteiger partial charge in [0.25, 0.3) is 0 Å². The number of carbonyl (C=O) groups excluding carboxylic acids is 1. The van der Waals surface area contributed by atoms with Gasteiger partial charge in [0.15, 0.2) is 6.29 Å². The van der Waals surface area contributed by atoms with E-state index < -0.39 is 30.7 Å². The lowest BCUT2D eigenvalue weighted by Crippen LogP contribution is -2.60. The molecule has 4 fully saturated rings. The molecule has 7 heteroatoms. The predicted molar refractivity (Wildman–Crippen MR) is 244 cm³/mol. The van der Waals surface area contributed by atoms with Gasteiger partial charge in [-0.3, -0.25) is 4.79 Å². The average Bonchev–Trinajstić information content (AvgIpc) is 3.59. The van der Waals surface area contributed by atoms with Crippen molar-refractivity contribution in [2.75, 3.05) is 6.61 Å². The average molecular weight is 837 g/mol. The van der Waals surface area contributed by atoms with E-state index in [-0.39, 0.29) is 24.1 Å². The van der Waals surface area contributed by atoms with E-state index in [1.54, 1.807) is 0 Å². The second-order valence-electron chi connectivity index (χ2n) is 20.8. The standard InChI is InChI=1S/C53H88O7/c1-8-10-11-12-13-14-15-16-17-18-19-20-21-22-23-24-47(54)58-36-46-48(55)49(56)50(57)51(60-46)59-41-31-33-52(6)40(35-41)27-28-42-44-30-29-43(53(44,7)34-32-45(42)52)38(5)25-26-39(9-2)37(3)4/h10-11,13-14,16-17,27,37-39,41-46,48-51,55-57H,8-9,12,15,18-26,28-36H2,1-7H3/b11-10+,14-13+,17-16+/t38-,39-,41+,42+,43-,44+,45+,46-,48-,49+,50-,51-,52+,53-/m1/s1. The van der Waals surface area contributed by atoms with Crippen LogP contribution in [0, 0.1) is 52.3 Å². The molecular formula is C53H88O7. The Morgan fingerprint density at radius 2 is 1.55 bits per heavy atom. The lowest BCUT2D eigenvalue weighted by atomic mass is 9.47. The van der Waals surface area contributed by atoms with E-state index >= 15 is 0 Å². The van der Waals surface area contributed by atoms with Crippen molar-refractivity contribution in [3.8, 4) is 0 Å². The Balaban J connectivity index is 1.03. The fourth-order valence-corrected chi connectivity index (χ4v) is 12.9. The first-order valence-electron chi connectivity index (χ1n) is 25.0. The Labute approximate surface area is 366 Å². The predicted octanol–water partition coefficient (Wildman–Crippen LogP) is 12.0. The molecule has 0 bridgehead atoms. The Kier molecular flexibility index (Phi) is 19.5. The van der Waals surface area contributed by atoms with Crippen molar-refractivity contribution < 1.29 is 34.3 Å². The van der Waals surface area contributed by atoms with Gasteiger partial charge in [-0.05, 0) is 149 Å². The third-order valence-corrected chi connectivity index (χ3v) is 16.7. The van der Waals surface area contributed by atoms with Crippen LogP contribution < -0.4 is 0 Å². The molecule has 0 radical (unpaired) electrons. The number of esters is 1. The maximum atomic E-state index is 12.6. The van der Waals surface area contributed by atoms with E-state index in [1.165, 1.54) is 50.5 Å². The van der Waals surface area contributed by atoms with Gasteiger partial charge in [0.05, 0.1) is 6.10 Å². The fraction of sp³-hybridized carbons (Fsp3) is 0.830. The third-order valence-electron chi connectivity index (χ3n) is 16.7. The minimum absolute atomic E-state index is 0.148. The van der Waals surface area contributed by atoms with Crippen LogP contribution in [0.1, 0.15) is 183 Å². The van der Waals surface area contributed by atoms with Gasteiger partial charge in [-0.1, -0.05) is 129 Å². The number of ether oxygens (including phenoxy) is 3. The molecule has 0 spiro atoms. The molecule has 4 aliphatic carbocycles. The summed E-state index contributed by atoms with van der Waals surface area (Å²) < 4.78 is 18.0. The van der Waals surface area contributed by atoms with Gasteiger partial charge in [-0.15, -0.1) is 0 Å². The number of aliphatic hydroxyl groups is 3.